The first-order valence-corrected chi connectivity index (χ1v) is 7.01. The van der Waals surface area contributed by atoms with Gasteiger partial charge < -0.3 is 5.43 Å². The number of rotatable bonds is 5. The van der Waals surface area contributed by atoms with Gasteiger partial charge in [-0.05, 0) is 12.5 Å². The number of nitrogens with zero attached hydrogens (tertiary/aromatic N) is 1. The summed E-state index contributed by atoms with van der Waals surface area (Å²) in [7, 11) is -2.99. The van der Waals surface area contributed by atoms with Gasteiger partial charge in [-0.15, -0.1) is 0 Å². The highest BCUT2D eigenvalue weighted by molar-refractivity contribution is 7.91. The van der Waals surface area contributed by atoms with Crippen LogP contribution in [0.25, 0.3) is 0 Å². The molecule has 1 rings (SSSR count). The van der Waals surface area contributed by atoms with Gasteiger partial charge in [0, 0.05) is 12.0 Å². The molecule has 1 aromatic carbocycles. The minimum atomic E-state index is -2.99. The summed E-state index contributed by atoms with van der Waals surface area (Å²) >= 11 is 0. The van der Waals surface area contributed by atoms with Crippen molar-refractivity contribution in [2.75, 3.05) is 12.0 Å². The van der Waals surface area contributed by atoms with Crippen LogP contribution in [0.4, 0.5) is 0 Å². The molecular formula is C11H16N2O2S. The van der Waals surface area contributed by atoms with E-state index < -0.39 is 9.84 Å². The molecule has 0 aliphatic rings. The van der Waals surface area contributed by atoms with Crippen LogP contribution in [-0.2, 0) is 16.4 Å². The van der Waals surface area contributed by atoms with Crippen molar-refractivity contribution in [3.63, 3.8) is 0 Å². The molecule has 0 fully saturated rings. The third-order valence-electron chi connectivity index (χ3n) is 1.87. The van der Waals surface area contributed by atoms with Gasteiger partial charge in [-0.25, -0.2) is 8.42 Å². The van der Waals surface area contributed by atoms with Gasteiger partial charge in [0.2, 0.25) is 0 Å². The lowest BCUT2D eigenvalue weighted by atomic mass is 10.2. The fraction of sp³-hybridized carbons (Fsp3) is 0.364. The maximum atomic E-state index is 11.0. The van der Waals surface area contributed by atoms with Crippen molar-refractivity contribution in [3.8, 4) is 0 Å². The average Bonchev–Trinajstić information content (AvgIpc) is 2.16. The lowest BCUT2D eigenvalue weighted by Crippen LogP contribution is -2.15. The van der Waals surface area contributed by atoms with Crippen molar-refractivity contribution < 1.29 is 8.42 Å². The Morgan fingerprint density at radius 3 is 2.50 bits per heavy atom. The number of benzene rings is 1. The first-order chi connectivity index (χ1) is 7.47. The zero-order valence-corrected chi connectivity index (χ0v) is 10.3. The Labute approximate surface area is 96.3 Å². The summed E-state index contributed by atoms with van der Waals surface area (Å²) in [5.41, 5.74) is 4.53. The average molecular weight is 240 g/mol. The smallest absolute Gasteiger partial charge is 0.152 e. The number of hydrogen-bond donors (Lipinski definition) is 1. The topological polar surface area (TPSA) is 58.5 Å². The summed E-state index contributed by atoms with van der Waals surface area (Å²) in [6, 6.07) is 9.80. The van der Waals surface area contributed by atoms with E-state index in [1.807, 2.05) is 30.3 Å². The minimum Gasteiger partial charge on any atom is -0.306 e. The molecule has 0 saturated heterocycles. The lowest BCUT2D eigenvalue weighted by Gasteiger charge is -2.02. The summed E-state index contributed by atoms with van der Waals surface area (Å²) in [5.74, 6) is -0.00517. The zero-order chi connectivity index (χ0) is 12.0. The Morgan fingerprint density at radius 2 is 1.94 bits per heavy atom. The molecule has 4 nitrogen and oxygen atoms in total. The Morgan fingerprint density at radius 1 is 1.31 bits per heavy atom. The normalized spacial score (nSPS) is 12.5. The van der Waals surface area contributed by atoms with Crippen LogP contribution in [0.2, 0.25) is 0 Å². The molecule has 0 bridgehead atoms. The van der Waals surface area contributed by atoms with Crippen molar-refractivity contribution >= 4 is 15.5 Å². The Hall–Kier alpha value is -1.36. The van der Waals surface area contributed by atoms with Crippen LogP contribution in [0.1, 0.15) is 12.5 Å². The highest BCUT2D eigenvalue weighted by atomic mass is 32.2. The van der Waals surface area contributed by atoms with Crippen LogP contribution >= 0.6 is 0 Å². The fourth-order valence-corrected chi connectivity index (χ4v) is 2.10. The number of hydrazone groups is 1. The van der Waals surface area contributed by atoms with Crippen molar-refractivity contribution in [1.29, 1.82) is 0 Å². The molecule has 0 aromatic heterocycles. The third kappa shape index (κ3) is 5.50. The minimum absolute atomic E-state index is 0.00517. The molecule has 1 N–H and O–H groups in total. The number of nitrogens with one attached hydrogen (secondary N) is 1. The van der Waals surface area contributed by atoms with E-state index >= 15 is 0 Å². The Bertz CT molecular complexity index is 452. The van der Waals surface area contributed by atoms with Gasteiger partial charge in [-0.1, -0.05) is 30.3 Å². The third-order valence-corrected chi connectivity index (χ3v) is 2.81. The molecule has 0 atom stereocenters. The fourth-order valence-electron chi connectivity index (χ4n) is 1.27. The van der Waals surface area contributed by atoms with Gasteiger partial charge in [0.15, 0.2) is 9.84 Å². The molecule has 0 saturated carbocycles. The maximum absolute atomic E-state index is 11.0. The van der Waals surface area contributed by atoms with Crippen LogP contribution in [-0.4, -0.2) is 26.1 Å². The van der Waals surface area contributed by atoms with Crippen LogP contribution < -0.4 is 5.43 Å². The van der Waals surface area contributed by atoms with Crippen molar-refractivity contribution in [2.24, 2.45) is 5.10 Å². The van der Waals surface area contributed by atoms with Crippen LogP contribution in [0.5, 0.6) is 0 Å². The first-order valence-electron chi connectivity index (χ1n) is 4.95. The Balaban J connectivity index is 2.43. The highest BCUT2D eigenvalue weighted by Gasteiger charge is 2.03. The molecule has 0 aliphatic carbocycles. The predicted molar refractivity (Wildman–Crippen MR) is 66.1 cm³/mol. The van der Waals surface area contributed by atoms with Crippen molar-refractivity contribution in [3.05, 3.63) is 35.9 Å². The van der Waals surface area contributed by atoms with Crippen molar-refractivity contribution in [2.45, 2.75) is 13.5 Å². The van der Waals surface area contributed by atoms with E-state index in [4.69, 9.17) is 0 Å². The summed E-state index contributed by atoms with van der Waals surface area (Å²) < 4.78 is 21.9. The SMILES string of the molecule is CC(CS(C)(=O)=O)=NNCc1ccccc1. The molecule has 16 heavy (non-hydrogen) atoms. The van der Waals surface area contributed by atoms with Crippen LogP contribution in [0.3, 0.4) is 0 Å². The molecule has 1 aromatic rings. The molecule has 0 heterocycles. The predicted octanol–water partition coefficient (Wildman–Crippen LogP) is 1.20. The largest absolute Gasteiger partial charge is 0.306 e. The second-order valence-electron chi connectivity index (χ2n) is 3.74. The molecule has 0 unspecified atom stereocenters. The maximum Gasteiger partial charge on any atom is 0.152 e. The summed E-state index contributed by atoms with van der Waals surface area (Å²) in [4.78, 5) is 0. The van der Waals surface area contributed by atoms with Crippen molar-refractivity contribution in [1.82, 2.24) is 5.43 Å². The summed E-state index contributed by atoms with van der Waals surface area (Å²) in [6.45, 7) is 2.29. The van der Waals surface area contributed by atoms with Crippen LogP contribution in [0.15, 0.2) is 35.4 Å². The number of sulfone groups is 1. The second kappa shape index (κ2) is 5.65. The molecule has 0 radical (unpaired) electrons. The van der Waals surface area contributed by atoms with E-state index in [9.17, 15) is 8.42 Å². The molecule has 5 heteroatoms. The van der Waals surface area contributed by atoms with Gasteiger partial charge in [0.25, 0.3) is 0 Å². The van der Waals surface area contributed by atoms with E-state index in [0.29, 0.717) is 12.3 Å². The van der Waals surface area contributed by atoms with Crippen LogP contribution in [0, 0.1) is 0 Å². The number of hydrogen-bond acceptors (Lipinski definition) is 4. The zero-order valence-electron chi connectivity index (χ0n) is 9.47. The lowest BCUT2D eigenvalue weighted by molar-refractivity contribution is 0.605. The quantitative estimate of drug-likeness (QED) is 0.621. The van der Waals surface area contributed by atoms with E-state index in [0.717, 1.165) is 5.56 Å². The summed E-state index contributed by atoms with van der Waals surface area (Å²) in [5, 5.41) is 3.99. The van der Waals surface area contributed by atoms with Gasteiger partial charge in [0.1, 0.15) is 0 Å². The van der Waals surface area contributed by atoms with Gasteiger partial charge in [0.05, 0.1) is 12.3 Å². The van der Waals surface area contributed by atoms with E-state index in [1.165, 1.54) is 6.26 Å². The van der Waals surface area contributed by atoms with Gasteiger partial charge in [-0.2, -0.15) is 5.10 Å². The summed E-state index contributed by atoms with van der Waals surface area (Å²) in [6.07, 6.45) is 1.20. The standard InChI is InChI=1S/C11H16N2O2S/c1-10(9-16(2,14)15)13-12-8-11-6-4-3-5-7-11/h3-7,12H,8-9H2,1-2H3. The van der Waals surface area contributed by atoms with E-state index in [2.05, 4.69) is 10.5 Å². The Kier molecular flexibility index (Phi) is 4.49. The molecule has 0 amide bonds. The monoisotopic (exact) mass is 240 g/mol. The highest BCUT2D eigenvalue weighted by Crippen LogP contribution is 1.97. The molecule has 0 aliphatic heterocycles. The second-order valence-corrected chi connectivity index (χ2v) is 5.88. The van der Waals surface area contributed by atoms with Gasteiger partial charge in [-0.3, -0.25) is 0 Å². The van der Waals surface area contributed by atoms with Gasteiger partial charge >= 0.3 is 0 Å². The molecular weight excluding hydrogens is 224 g/mol. The van der Waals surface area contributed by atoms with E-state index in [-0.39, 0.29) is 5.75 Å². The molecule has 88 valence electrons. The first kappa shape index (κ1) is 12.7. The van der Waals surface area contributed by atoms with E-state index in [1.54, 1.807) is 6.92 Å². The molecule has 0 spiro atoms.